The van der Waals surface area contributed by atoms with Gasteiger partial charge in [-0.15, -0.1) is 5.10 Å². The summed E-state index contributed by atoms with van der Waals surface area (Å²) in [7, 11) is 0. The fourth-order valence-electron chi connectivity index (χ4n) is 2.33. The van der Waals surface area contributed by atoms with Crippen LogP contribution < -0.4 is 10.2 Å². The van der Waals surface area contributed by atoms with Gasteiger partial charge in [0.25, 0.3) is 6.43 Å². The molecule has 5 nitrogen and oxygen atoms in total. The lowest BCUT2D eigenvalue weighted by Crippen LogP contribution is -2.52. The first-order valence-electron chi connectivity index (χ1n) is 7.45. The molecule has 1 aliphatic rings. The summed E-state index contributed by atoms with van der Waals surface area (Å²) in [6.07, 6.45) is -1.04. The Hall–Kier alpha value is -1.79. The molecule has 0 saturated carbocycles. The number of hydrogen-bond acceptors (Lipinski definition) is 4. The van der Waals surface area contributed by atoms with E-state index >= 15 is 0 Å². The molecule has 2 heterocycles. The second-order valence-electron chi connectivity index (χ2n) is 6.31. The number of nitrogens with one attached hydrogen (secondary N) is 1. The van der Waals surface area contributed by atoms with E-state index in [2.05, 4.69) is 15.5 Å². The summed E-state index contributed by atoms with van der Waals surface area (Å²) in [6.45, 7) is 5.77. The molecule has 1 saturated heterocycles. The number of aryl methyl sites for hydroxylation is 1. The van der Waals surface area contributed by atoms with Crippen molar-refractivity contribution in [3.8, 4) is 0 Å². The maximum atomic E-state index is 12.9. The van der Waals surface area contributed by atoms with Crippen molar-refractivity contribution in [2.24, 2.45) is 5.41 Å². The van der Waals surface area contributed by atoms with Gasteiger partial charge in [0.2, 0.25) is 5.91 Å². The van der Waals surface area contributed by atoms with Crippen LogP contribution in [0.5, 0.6) is 0 Å². The van der Waals surface area contributed by atoms with Crippen LogP contribution in [0.15, 0.2) is 12.1 Å². The van der Waals surface area contributed by atoms with Crippen LogP contribution in [-0.4, -0.2) is 41.7 Å². The average molecular weight is 312 g/mol. The van der Waals surface area contributed by atoms with Crippen molar-refractivity contribution in [2.75, 3.05) is 18.0 Å². The molecule has 0 bridgehead atoms. The number of carbonyl (C=O) groups excluding carboxylic acids is 1. The van der Waals surface area contributed by atoms with Gasteiger partial charge in [0.15, 0.2) is 5.82 Å². The minimum Gasteiger partial charge on any atom is -0.353 e. The van der Waals surface area contributed by atoms with Crippen LogP contribution in [0.3, 0.4) is 0 Å². The molecule has 1 N–H and O–H groups in total. The number of hydrogen-bond donors (Lipinski definition) is 1. The third kappa shape index (κ3) is 3.69. The molecular formula is C15H22F2N4O. The molecule has 1 aromatic heterocycles. The van der Waals surface area contributed by atoms with Gasteiger partial charge >= 0.3 is 0 Å². The highest BCUT2D eigenvalue weighted by Gasteiger charge is 2.39. The number of anilines is 1. The van der Waals surface area contributed by atoms with Crippen LogP contribution in [0.25, 0.3) is 0 Å². The maximum absolute atomic E-state index is 12.9. The zero-order valence-electron chi connectivity index (χ0n) is 13.1. The summed E-state index contributed by atoms with van der Waals surface area (Å²) in [5, 5.41) is 10.9. The van der Waals surface area contributed by atoms with Crippen LogP contribution in [0.4, 0.5) is 14.6 Å². The van der Waals surface area contributed by atoms with Crippen molar-refractivity contribution in [1.82, 2.24) is 15.5 Å². The van der Waals surface area contributed by atoms with Crippen molar-refractivity contribution in [2.45, 2.75) is 46.1 Å². The molecular weight excluding hydrogens is 290 g/mol. The normalized spacial score (nSPS) is 19.4. The van der Waals surface area contributed by atoms with Crippen molar-refractivity contribution in [3.05, 3.63) is 17.8 Å². The Morgan fingerprint density at radius 1 is 1.41 bits per heavy atom. The van der Waals surface area contributed by atoms with E-state index in [4.69, 9.17) is 0 Å². The van der Waals surface area contributed by atoms with Crippen LogP contribution in [0.1, 0.15) is 32.4 Å². The molecule has 0 aliphatic carbocycles. The van der Waals surface area contributed by atoms with Crippen LogP contribution >= 0.6 is 0 Å². The highest BCUT2D eigenvalue weighted by atomic mass is 19.3. The van der Waals surface area contributed by atoms with Gasteiger partial charge in [0.1, 0.15) is 5.41 Å². The molecule has 2 rings (SSSR count). The predicted molar refractivity (Wildman–Crippen MR) is 79.9 cm³/mol. The first kappa shape index (κ1) is 16.6. The Morgan fingerprint density at radius 3 is 2.73 bits per heavy atom. The van der Waals surface area contributed by atoms with Crippen LogP contribution in [-0.2, 0) is 4.79 Å². The monoisotopic (exact) mass is 312 g/mol. The molecule has 1 amide bonds. The zero-order valence-corrected chi connectivity index (χ0v) is 13.1. The minimum atomic E-state index is -2.69. The van der Waals surface area contributed by atoms with Crippen LogP contribution in [0, 0.1) is 12.3 Å². The largest absolute Gasteiger partial charge is 0.353 e. The van der Waals surface area contributed by atoms with Gasteiger partial charge in [-0.25, -0.2) is 8.78 Å². The average Bonchev–Trinajstić information content (AvgIpc) is 2.48. The number of rotatable bonds is 4. The number of halogens is 2. The number of amides is 1. The maximum Gasteiger partial charge on any atom is 0.252 e. The summed E-state index contributed by atoms with van der Waals surface area (Å²) in [6, 6.07) is 3.61. The Bertz CT molecular complexity index is 519. The van der Waals surface area contributed by atoms with E-state index in [0.717, 1.165) is 30.9 Å². The number of piperidine rings is 1. The van der Waals surface area contributed by atoms with E-state index in [1.54, 1.807) is 0 Å². The van der Waals surface area contributed by atoms with Gasteiger partial charge in [0, 0.05) is 19.1 Å². The summed E-state index contributed by atoms with van der Waals surface area (Å²) in [5.41, 5.74) is -0.837. The molecule has 1 aromatic rings. The van der Waals surface area contributed by atoms with Gasteiger partial charge in [0.05, 0.1) is 5.69 Å². The summed E-state index contributed by atoms with van der Waals surface area (Å²) >= 11 is 0. The van der Waals surface area contributed by atoms with Gasteiger partial charge in [-0.05, 0) is 45.7 Å². The Balaban J connectivity index is 1.99. The Kier molecular flexibility index (Phi) is 4.93. The lowest BCUT2D eigenvalue weighted by Gasteiger charge is -2.35. The van der Waals surface area contributed by atoms with E-state index in [0.29, 0.717) is 6.54 Å². The van der Waals surface area contributed by atoms with Gasteiger partial charge < -0.3 is 10.2 Å². The predicted octanol–water partition coefficient (Wildman–Crippen LogP) is 2.16. The van der Waals surface area contributed by atoms with Gasteiger partial charge in [-0.3, -0.25) is 4.79 Å². The molecule has 7 heteroatoms. The number of aromatic nitrogens is 2. The lowest BCUT2D eigenvalue weighted by molar-refractivity contribution is -0.138. The van der Waals surface area contributed by atoms with Gasteiger partial charge in [-0.1, -0.05) is 0 Å². The van der Waals surface area contributed by atoms with E-state index in [1.807, 2.05) is 24.0 Å². The van der Waals surface area contributed by atoms with E-state index in [9.17, 15) is 13.6 Å². The molecule has 1 fully saturated rings. The number of nitrogens with zero attached hydrogens (tertiary/aromatic N) is 3. The topological polar surface area (TPSA) is 58.1 Å². The number of carbonyl (C=O) groups is 1. The first-order chi connectivity index (χ1) is 10.3. The fourth-order valence-corrected chi connectivity index (χ4v) is 2.33. The molecule has 1 aliphatic heterocycles. The smallest absolute Gasteiger partial charge is 0.252 e. The van der Waals surface area contributed by atoms with E-state index in [-0.39, 0.29) is 6.04 Å². The summed E-state index contributed by atoms with van der Waals surface area (Å²) < 4.78 is 25.8. The quantitative estimate of drug-likeness (QED) is 0.925. The van der Waals surface area contributed by atoms with Crippen LogP contribution in [0.2, 0.25) is 0 Å². The Labute approximate surface area is 129 Å². The second-order valence-corrected chi connectivity index (χ2v) is 6.31. The standard InChI is InChI=1S/C15H22F2N4O/c1-10-6-7-12(20-19-10)21-8-4-5-11(9-21)18-14(22)15(2,3)13(16)17/h6-7,11,13H,4-5,8-9H2,1-3H3,(H,18,22)/t11-/m0/s1. The molecule has 0 unspecified atom stereocenters. The van der Waals surface area contributed by atoms with E-state index < -0.39 is 17.7 Å². The van der Waals surface area contributed by atoms with Crippen molar-refractivity contribution in [3.63, 3.8) is 0 Å². The molecule has 122 valence electrons. The highest BCUT2D eigenvalue weighted by molar-refractivity contribution is 5.82. The van der Waals surface area contributed by atoms with Gasteiger partial charge in [-0.2, -0.15) is 5.10 Å². The number of alkyl halides is 2. The lowest BCUT2D eigenvalue weighted by atomic mass is 9.92. The SMILES string of the molecule is Cc1ccc(N2CCC[C@H](NC(=O)C(C)(C)C(F)F)C2)nn1. The van der Waals surface area contributed by atoms with Crippen molar-refractivity contribution < 1.29 is 13.6 Å². The minimum absolute atomic E-state index is 0.151. The Morgan fingerprint density at radius 2 is 2.14 bits per heavy atom. The molecule has 0 radical (unpaired) electrons. The fraction of sp³-hybridized carbons (Fsp3) is 0.667. The molecule has 22 heavy (non-hydrogen) atoms. The summed E-state index contributed by atoms with van der Waals surface area (Å²) in [4.78, 5) is 14.0. The first-order valence-corrected chi connectivity index (χ1v) is 7.45. The summed E-state index contributed by atoms with van der Waals surface area (Å²) in [5.74, 6) is 0.141. The molecule has 0 aromatic carbocycles. The molecule has 1 atom stereocenters. The van der Waals surface area contributed by atoms with Crippen molar-refractivity contribution >= 4 is 11.7 Å². The van der Waals surface area contributed by atoms with E-state index in [1.165, 1.54) is 13.8 Å². The highest BCUT2D eigenvalue weighted by Crippen LogP contribution is 2.26. The zero-order chi connectivity index (χ0) is 16.3. The van der Waals surface area contributed by atoms with Crippen molar-refractivity contribution in [1.29, 1.82) is 0 Å². The third-order valence-corrected chi connectivity index (χ3v) is 4.00. The third-order valence-electron chi connectivity index (χ3n) is 4.00. The molecule has 0 spiro atoms. The second kappa shape index (κ2) is 6.54.